The van der Waals surface area contributed by atoms with Gasteiger partial charge in [-0.3, -0.25) is 4.57 Å². The monoisotopic (exact) mass is 307 g/mol. The molecule has 0 saturated carbocycles. The van der Waals surface area contributed by atoms with E-state index in [1.54, 1.807) is 0 Å². The maximum atomic E-state index is 13.0. The zero-order chi connectivity index (χ0) is 14.8. The van der Waals surface area contributed by atoms with Gasteiger partial charge in [0.25, 0.3) is 0 Å². The van der Waals surface area contributed by atoms with Gasteiger partial charge in [0.1, 0.15) is 5.82 Å². The van der Waals surface area contributed by atoms with Crippen LogP contribution in [0, 0.1) is 10.6 Å². The van der Waals surface area contributed by atoms with Crippen molar-refractivity contribution < 1.29 is 4.39 Å². The topological polar surface area (TPSA) is 40.1 Å². The number of anilines is 2. The van der Waals surface area contributed by atoms with E-state index in [0.717, 1.165) is 44.4 Å². The first-order valence-electron chi connectivity index (χ1n) is 7.09. The third-order valence-electron chi connectivity index (χ3n) is 3.81. The summed E-state index contributed by atoms with van der Waals surface area (Å²) in [4.78, 5) is 4.49. The lowest BCUT2D eigenvalue weighted by Crippen LogP contribution is -2.47. The van der Waals surface area contributed by atoms with Gasteiger partial charge in [-0.25, -0.2) is 9.49 Å². The van der Waals surface area contributed by atoms with Crippen LogP contribution in [0.1, 0.15) is 6.92 Å². The molecule has 0 amide bonds. The van der Waals surface area contributed by atoms with E-state index in [1.165, 1.54) is 12.1 Å². The van der Waals surface area contributed by atoms with E-state index in [4.69, 9.17) is 12.2 Å². The first-order chi connectivity index (χ1) is 10.2. The molecule has 0 aliphatic carbocycles. The molecule has 2 heterocycles. The molecular weight excluding hydrogens is 289 g/mol. The fourth-order valence-electron chi connectivity index (χ4n) is 2.65. The van der Waals surface area contributed by atoms with Crippen LogP contribution in [-0.2, 0) is 6.54 Å². The van der Waals surface area contributed by atoms with Crippen LogP contribution in [0.2, 0.25) is 0 Å². The third kappa shape index (κ3) is 2.78. The van der Waals surface area contributed by atoms with E-state index < -0.39 is 0 Å². The Morgan fingerprint density at radius 2 is 1.76 bits per heavy atom. The number of halogens is 1. The summed E-state index contributed by atoms with van der Waals surface area (Å²) in [6, 6.07) is 6.66. The number of hydrogen-bond donors (Lipinski definition) is 1. The van der Waals surface area contributed by atoms with Gasteiger partial charge in [-0.05, 0) is 43.4 Å². The molecule has 0 atom stereocenters. The Morgan fingerprint density at radius 1 is 1.14 bits per heavy atom. The van der Waals surface area contributed by atoms with Crippen LogP contribution in [0.25, 0.3) is 0 Å². The van der Waals surface area contributed by atoms with Crippen LogP contribution in [0.3, 0.4) is 0 Å². The number of nitrogens with zero attached hydrogens (tertiary/aromatic N) is 4. The highest BCUT2D eigenvalue weighted by atomic mass is 32.1. The van der Waals surface area contributed by atoms with E-state index >= 15 is 0 Å². The summed E-state index contributed by atoms with van der Waals surface area (Å²) in [5, 5.41) is 7.18. The molecule has 7 heteroatoms. The molecule has 1 aliphatic rings. The largest absolute Gasteiger partial charge is 0.368 e. The van der Waals surface area contributed by atoms with Gasteiger partial charge in [0, 0.05) is 38.4 Å². The fraction of sp³-hybridized carbons (Fsp3) is 0.429. The normalized spacial score (nSPS) is 15.5. The lowest BCUT2D eigenvalue weighted by atomic mass is 10.2. The molecule has 21 heavy (non-hydrogen) atoms. The van der Waals surface area contributed by atoms with Crippen molar-refractivity contribution in [3.63, 3.8) is 0 Å². The van der Waals surface area contributed by atoms with Gasteiger partial charge in [-0.2, -0.15) is 0 Å². The number of H-pyrrole nitrogens is 1. The lowest BCUT2D eigenvalue weighted by molar-refractivity contribution is 0.612. The second-order valence-corrected chi connectivity index (χ2v) is 5.41. The molecule has 0 radical (unpaired) electrons. The fourth-order valence-corrected chi connectivity index (χ4v) is 2.91. The van der Waals surface area contributed by atoms with Crippen molar-refractivity contribution in [1.29, 1.82) is 0 Å². The van der Waals surface area contributed by atoms with Crippen molar-refractivity contribution in [2.24, 2.45) is 0 Å². The van der Waals surface area contributed by atoms with E-state index in [-0.39, 0.29) is 5.82 Å². The molecule has 1 aromatic carbocycles. The molecule has 2 aromatic rings. The second kappa shape index (κ2) is 5.85. The Bertz CT molecular complexity index is 655. The highest BCUT2D eigenvalue weighted by molar-refractivity contribution is 7.71. The summed E-state index contributed by atoms with van der Waals surface area (Å²) in [6.07, 6.45) is 0. The van der Waals surface area contributed by atoms with E-state index in [2.05, 4.69) is 26.9 Å². The number of hydrogen-bond acceptors (Lipinski definition) is 4. The Balaban J connectivity index is 1.70. The minimum atomic E-state index is -0.198. The Kier molecular flexibility index (Phi) is 3.92. The number of piperazine rings is 1. The van der Waals surface area contributed by atoms with Crippen molar-refractivity contribution in [1.82, 2.24) is 14.8 Å². The highest BCUT2D eigenvalue weighted by Crippen LogP contribution is 2.19. The van der Waals surface area contributed by atoms with Crippen molar-refractivity contribution in [3.05, 3.63) is 34.9 Å². The molecule has 1 saturated heterocycles. The van der Waals surface area contributed by atoms with Crippen molar-refractivity contribution in [2.45, 2.75) is 13.5 Å². The first kappa shape index (κ1) is 14.1. The Morgan fingerprint density at radius 3 is 2.38 bits per heavy atom. The summed E-state index contributed by atoms with van der Waals surface area (Å²) in [7, 11) is 0. The molecular formula is C14H18FN5S. The average Bonchev–Trinajstić information content (AvgIpc) is 2.89. The highest BCUT2D eigenvalue weighted by Gasteiger charge is 2.21. The Labute approximate surface area is 128 Å². The van der Waals surface area contributed by atoms with Crippen molar-refractivity contribution in [3.8, 4) is 0 Å². The smallest absolute Gasteiger partial charge is 0.225 e. The predicted octanol–water partition coefficient (Wildman–Crippen LogP) is 2.43. The molecule has 3 rings (SSSR count). The molecule has 1 aromatic heterocycles. The Hall–Kier alpha value is -1.89. The minimum absolute atomic E-state index is 0.198. The molecule has 5 nitrogen and oxygen atoms in total. The van der Waals surface area contributed by atoms with E-state index in [9.17, 15) is 4.39 Å². The van der Waals surface area contributed by atoms with Gasteiger partial charge in [-0.15, -0.1) is 5.10 Å². The SMILES string of the molecule is CCn1c(N2CCN(c3ccc(F)cc3)CC2)n[nH]c1=S. The van der Waals surface area contributed by atoms with Gasteiger partial charge in [-0.1, -0.05) is 0 Å². The number of benzene rings is 1. The maximum absolute atomic E-state index is 13.0. The maximum Gasteiger partial charge on any atom is 0.225 e. The van der Waals surface area contributed by atoms with Gasteiger partial charge in [0.05, 0.1) is 0 Å². The summed E-state index contributed by atoms with van der Waals surface area (Å²) in [5.74, 6) is 0.706. The summed E-state index contributed by atoms with van der Waals surface area (Å²) in [6.45, 7) is 6.38. The molecule has 1 N–H and O–H groups in total. The number of aromatic nitrogens is 3. The lowest BCUT2D eigenvalue weighted by Gasteiger charge is -2.36. The second-order valence-electron chi connectivity index (χ2n) is 5.02. The van der Waals surface area contributed by atoms with Gasteiger partial charge in [0.15, 0.2) is 4.77 Å². The molecule has 1 aliphatic heterocycles. The molecule has 112 valence electrons. The zero-order valence-electron chi connectivity index (χ0n) is 11.9. The minimum Gasteiger partial charge on any atom is -0.368 e. The first-order valence-corrected chi connectivity index (χ1v) is 7.50. The number of rotatable bonds is 3. The van der Waals surface area contributed by atoms with Crippen LogP contribution < -0.4 is 9.80 Å². The molecule has 0 bridgehead atoms. The van der Waals surface area contributed by atoms with E-state index in [1.807, 2.05) is 16.7 Å². The van der Waals surface area contributed by atoms with Crippen LogP contribution in [0.15, 0.2) is 24.3 Å². The van der Waals surface area contributed by atoms with Crippen LogP contribution in [-0.4, -0.2) is 40.9 Å². The number of nitrogens with one attached hydrogen (secondary N) is 1. The van der Waals surface area contributed by atoms with Crippen molar-refractivity contribution in [2.75, 3.05) is 36.0 Å². The average molecular weight is 307 g/mol. The van der Waals surface area contributed by atoms with Crippen molar-refractivity contribution >= 4 is 23.9 Å². The third-order valence-corrected chi connectivity index (χ3v) is 4.12. The van der Waals surface area contributed by atoms with Gasteiger partial charge in [0.2, 0.25) is 5.95 Å². The summed E-state index contributed by atoms with van der Waals surface area (Å²) in [5.41, 5.74) is 1.06. The summed E-state index contributed by atoms with van der Waals surface area (Å²) >= 11 is 5.23. The summed E-state index contributed by atoms with van der Waals surface area (Å²) < 4.78 is 15.6. The van der Waals surface area contributed by atoms with Gasteiger partial charge < -0.3 is 9.80 Å². The van der Waals surface area contributed by atoms with E-state index in [0.29, 0.717) is 4.77 Å². The predicted molar refractivity (Wildman–Crippen MR) is 83.9 cm³/mol. The van der Waals surface area contributed by atoms with Crippen LogP contribution in [0.4, 0.5) is 16.0 Å². The molecule has 1 fully saturated rings. The van der Waals surface area contributed by atoms with Crippen LogP contribution in [0.5, 0.6) is 0 Å². The van der Waals surface area contributed by atoms with Gasteiger partial charge >= 0.3 is 0 Å². The quantitative estimate of drug-likeness (QED) is 0.884. The number of aromatic amines is 1. The molecule has 0 spiro atoms. The zero-order valence-corrected chi connectivity index (χ0v) is 12.7. The molecule has 0 unspecified atom stereocenters. The van der Waals surface area contributed by atoms with Crippen LogP contribution >= 0.6 is 12.2 Å². The standard InChI is InChI=1S/C14H18FN5S/c1-2-20-13(16-17-14(20)21)19-9-7-18(8-10-19)12-5-3-11(15)4-6-12/h3-6H,2,7-10H2,1H3,(H,17,21).